The number of alkyl halides is 3. The van der Waals surface area contributed by atoms with Gasteiger partial charge in [-0.3, -0.25) is 4.68 Å². The fourth-order valence-electron chi connectivity index (χ4n) is 2.87. The summed E-state index contributed by atoms with van der Waals surface area (Å²) in [5, 5.41) is 13.1. The molecule has 0 radical (unpaired) electrons. The van der Waals surface area contributed by atoms with E-state index in [4.69, 9.17) is 5.11 Å². The van der Waals surface area contributed by atoms with Crippen LogP contribution in [0.3, 0.4) is 0 Å². The van der Waals surface area contributed by atoms with Gasteiger partial charge in [0.05, 0.1) is 18.8 Å². The van der Waals surface area contributed by atoms with Gasteiger partial charge in [-0.05, 0) is 6.42 Å². The van der Waals surface area contributed by atoms with Gasteiger partial charge in [-0.1, -0.05) is 0 Å². The molecule has 1 aromatic rings. The number of amides is 1. The van der Waals surface area contributed by atoms with Crippen molar-refractivity contribution in [2.45, 2.75) is 44.4 Å². The summed E-state index contributed by atoms with van der Waals surface area (Å²) in [6.07, 6.45) is -2.99. The maximum absolute atomic E-state index is 14.2. The molecule has 0 aromatic carbocycles. The van der Waals surface area contributed by atoms with Gasteiger partial charge < -0.3 is 10.0 Å². The molecule has 0 aliphatic carbocycles. The van der Waals surface area contributed by atoms with E-state index in [9.17, 15) is 18.0 Å². The van der Waals surface area contributed by atoms with Crippen LogP contribution in [0.4, 0.5) is 18.0 Å². The van der Waals surface area contributed by atoms with Crippen molar-refractivity contribution in [3.63, 3.8) is 0 Å². The van der Waals surface area contributed by atoms with Crippen LogP contribution in [0.2, 0.25) is 0 Å². The van der Waals surface area contributed by atoms with Crippen LogP contribution >= 0.6 is 0 Å². The van der Waals surface area contributed by atoms with Crippen LogP contribution in [-0.4, -0.2) is 38.6 Å². The molecule has 0 unspecified atom stereocenters. The first-order valence-electron chi connectivity index (χ1n) is 6.47. The lowest BCUT2D eigenvalue weighted by Crippen LogP contribution is -2.35. The van der Waals surface area contributed by atoms with Crippen LogP contribution in [0, 0.1) is 0 Å². The predicted octanol–water partition coefficient (Wildman–Crippen LogP) is 2.14. The second-order valence-electron chi connectivity index (χ2n) is 5.25. The minimum absolute atomic E-state index is 0.105. The van der Waals surface area contributed by atoms with Crippen LogP contribution in [0.5, 0.6) is 0 Å². The van der Waals surface area contributed by atoms with E-state index in [2.05, 4.69) is 5.10 Å². The Morgan fingerprint density at radius 2 is 2.20 bits per heavy atom. The highest BCUT2D eigenvalue weighted by Crippen LogP contribution is 2.40. The largest absolute Gasteiger partial charge is 0.465 e. The zero-order chi connectivity index (χ0) is 14.5. The molecule has 1 N–H and O–H groups in total. The Morgan fingerprint density at radius 1 is 1.45 bits per heavy atom. The maximum Gasteiger partial charge on any atom is 0.407 e. The topological polar surface area (TPSA) is 58.4 Å². The second kappa shape index (κ2) is 4.39. The van der Waals surface area contributed by atoms with Crippen molar-refractivity contribution in [2.24, 2.45) is 0 Å². The lowest BCUT2D eigenvalue weighted by Gasteiger charge is -2.25. The number of nitrogens with zero attached hydrogens (tertiary/aromatic N) is 3. The Morgan fingerprint density at radius 3 is 2.90 bits per heavy atom. The van der Waals surface area contributed by atoms with Crippen molar-refractivity contribution >= 4 is 6.09 Å². The quantitative estimate of drug-likeness (QED) is 0.796. The van der Waals surface area contributed by atoms with E-state index in [0.717, 1.165) is 9.58 Å². The molecular weight excluding hydrogens is 275 g/mol. The van der Waals surface area contributed by atoms with Gasteiger partial charge in [0.2, 0.25) is 0 Å². The smallest absolute Gasteiger partial charge is 0.407 e. The first-order valence-corrected chi connectivity index (χ1v) is 6.47. The minimum atomic E-state index is -3.16. The summed E-state index contributed by atoms with van der Waals surface area (Å²) in [7, 11) is 0. The molecule has 3 rings (SSSR count). The lowest BCUT2D eigenvalue weighted by molar-refractivity contribution is -0.0226. The van der Waals surface area contributed by atoms with Gasteiger partial charge in [0.25, 0.3) is 5.92 Å². The van der Waals surface area contributed by atoms with Crippen molar-refractivity contribution in [1.82, 2.24) is 14.7 Å². The molecule has 2 aliphatic heterocycles. The predicted molar refractivity (Wildman–Crippen MR) is 62.4 cm³/mol. The van der Waals surface area contributed by atoms with Gasteiger partial charge in [-0.25, -0.2) is 9.18 Å². The SMILES string of the molecule is O=C(O)N1CCc2nn3c(c2C1)C(F)(F)CC[C@@H](F)C3. The van der Waals surface area contributed by atoms with Gasteiger partial charge in [0.15, 0.2) is 0 Å². The lowest BCUT2D eigenvalue weighted by atomic mass is 10.00. The highest BCUT2D eigenvalue weighted by atomic mass is 19.3. The van der Waals surface area contributed by atoms with E-state index >= 15 is 0 Å². The number of carbonyl (C=O) groups is 1. The highest BCUT2D eigenvalue weighted by molar-refractivity contribution is 5.65. The molecule has 8 heteroatoms. The molecular formula is C12H14F3N3O2. The van der Waals surface area contributed by atoms with Crippen molar-refractivity contribution in [1.29, 1.82) is 0 Å². The summed E-state index contributed by atoms with van der Waals surface area (Å²) >= 11 is 0. The highest BCUT2D eigenvalue weighted by Gasteiger charge is 2.43. The van der Waals surface area contributed by atoms with Crippen molar-refractivity contribution in [3.8, 4) is 0 Å². The average Bonchev–Trinajstić information content (AvgIpc) is 2.68. The average molecular weight is 289 g/mol. The summed E-state index contributed by atoms with van der Waals surface area (Å²) in [5.74, 6) is -3.16. The van der Waals surface area contributed by atoms with Crippen LogP contribution in [0.25, 0.3) is 0 Å². The minimum Gasteiger partial charge on any atom is -0.465 e. The van der Waals surface area contributed by atoms with Gasteiger partial charge in [-0.15, -0.1) is 0 Å². The van der Waals surface area contributed by atoms with E-state index in [1.165, 1.54) is 0 Å². The Hall–Kier alpha value is -1.73. The van der Waals surface area contributed by atoms with E-state index in [0.29, 0.717) is 5.69 Å². The monoisotopic (exact) mass is 289 g/mol. The first kappa shape index (κ1) is 13.3. The van der Waals surface area contributed by atoms with E-state index in [-0.39, 0.29) is 43.7 Å². The number of rotatable bonds is 0. The van der Waals surface area contributed by atoms with Crippen LogP contribution in [0.15, 0.2) is 0 Å². The zero-order valence-corrected chi connectivity index (χ0v) is 10.7. The number of fused-ring (bicyclic) bond motifs is 3. The number of carboxylic acid groups (broad SMARTS) is 1. The zero-order valence-electron chi connectivity index (χ0n) is 10.7. The Labute approximate surface area is 113 Å². The molecule has 0 saturated carbocycles. The Kier molecular flexibility index (Phi) is 2.91. The fraction of sp³-hybridized carbons (Fsp3) is 0.667. The number of hydrogen-bond donors (Lipinski definition) is 1. The number of aromatic nitrogens is 2. The molecule has 1 atom stereocenters. The molecule has 2 aliphatic rings. The normalized spacial score (nSPS) is 24.8. The Balaban J connectivity index is 2.06. The molecule has 0 saturated heterocycles. The summed E-state index contributed by atoms with van der Waals surface area (Å²) in [6.45, 7) is -0.0685. The van der Waals surface area contributed by atoms with E-state index in [1.807, 2.05) is 0 Å². The third-order valence-electron chi connectivity index (χ3n) is 3.86. The van der Waals surface area contributed by atoms with Gasteiger partial charge in [-0.2, -0.15) is 13.9 Å². The molecule has 1 amide bonds. The van der Waals surface area contributed by atoms with Gasteiger partial charge >= 0.3 is 6.09 Å². The summed E-state index contributed by atoms with van der Waals surface area (Å²) in [4.78, 5) is 12.1. The van der Waals surface area contributed by atoms with Crippen molar-refractivity contribution < 1.29 is 23.1 Å². The van der Waals surface area contributed by atoms with Gasteiger partial charge in [0, 0.05) is 24.9 Å². The fourth-order valence-corrected chi connectivity index (χ4v) is 2.87. The van der Waals surface area contributed by atoms with E-state index < -0.39 is 24.6 Å². The third kappa shape index (κ3) is 2.03. The number of halogens is 3. The summed E-state index contributed by atoms with van der Waals surface area (Å²) < 4.78 is 42.9. The van der Waals surface area contributed by atoms with Crippen LogP contribution < -0.4 is 0 Å². The summed E-state index contributed by atoms with van der Waals surface area (Å²) in [6, 6.07) is 0. The molecule has 1 aromatic heterocycles. The second-order valence-corrected chi connectivity index (χ2v) is 5.25. The molecule has 20 heavy (non-hydrogen) atoms. The molecule has 0 spiro atoms. The van der Waals surface area contributed by atoms with Crippen LogP contribution in [-0.2, 0) is 25.4 Å². The molecule has 0 fully saturated rings. The molecule has 110 valence electrons. The third-order valence-corrected chi connectivity index (χ3v) is 3.86. The standard InChI is InChI=1S/C12H14F3N3O2/c13-7-1-3-12(14,15)10-8-6-17(11(19)20)4-2-9(8)16-18(10)5-7/h7H,1-6H2,(H,19,20)/t7-/m1/s1. The van der Waals surface area contributed by atoms with Crippen molar-refractivity contribution in [2.75, 3.05) is 6.54 Å². The Bertz CT molecular complexity index is 558. The first-order chi connectivity index (χ1) is 9.38. The van der Waals surface area contributed by atoms with E-state index in [1.54, 1.807) is 0 Å². The summed E-state index contributed by atoms with van der Waals surface area (Å²) in [5.41, 5.74) is 0.405. The van der Waals surface area contributed by atoms with Gasteiger partial charge in [0.1, 0.15) is 11.9 Å². The molecule has 3 heterocycles. The van der Waals surface area contributed by atoms with Crippen molar-refractivity contribution in [3.05, 3.63) is 17.0 Å². The molecule has 5 nitrogen and oxygen atoms in total. The molecule has 0 bridgehead atoms. The maximum atomic E-state index is 14.2. The number of hydrogen-bond acceptors (Lipinski definition) is 2. The van der Waals surface area contributed by atoms with Crippen LogP contribution in [0.1, 0.15) is 29.8 Å².